The molecule has 124 valence electrons. The van der Waals surface area contributed by atoms with E-state index in [4.69, 9.17) is 4.74 Å². The first kappa shape index (κ1) is 16.2. The van der Waals surface area contributed by atoms with Gasteiger partial charge in [0.25, 0.3) is 5.91 Å². The molecule has 1 fully saturated rings. The minimum Gasteiger partial charge on any atom is -0.461 e. The van der Waals surface area contributed by atoms with Crippen molar-refractivity contribution in [3.63, 3.8) is 0 Å². The van der Waals surface area contributed by atoms with Gasteiger partial charge in [-0.05, 0) is 31.2 Å². The largest absolute Gasteiger partial charge is 0.461 e. The fourth-order valence-electron chi connectivity index (χ4n) is 2.68. The summed E-state index contributed by atoms with van der Waals surface area (Å²) in [6.45, 7) is 1.67. The van der Waals surface area contributed by atoms with Gasteiger partial charge in [0.1, 0.15) is 5.92 Å². The molecule has 2 atom stereocenters. The predicted molar refractivity (Wildman–Crippen MR) is 85.6 cm³/mol. The number of carbonyl (C=O) groups excluding carboxylic acids is 3. The Labute approximate surface area is 144 Å². The Morgan fingerprint density at radius 2 is 1.96 bits per heavy atom. The maximum absolute atomic E-state index is 12.7. The van der Waals surface area contributed by atoms with Crippen molar-refractivity contribution in [2.75, 3.05) is 11.5 Å². The van der Waals surface area contributed by atoms with E-state index in [9.17, 15) is 19.3 Å². The lowest BCUT2D eigenvalue weighted by molar-refractivity contribution is -0.136. The van der Waals surface area contributed by atoms with Crippen LogP contribution in [-0.2, 0) is 19.1 Å². The molecule has 2 aliphatic rings. The number of hydrogen-bond acceptors (Lipinski definition) is 7. The number of anilines is 1. The summed E-state index contributed by atoms with van der Waals surface area (Å²) in [6.07, 6.45) is 0. The van der Waals surface area contributed by atoms with Gasteiger partial charge in [0, 0.05) is 4.47 Å². The SMILES string of the molecule is CCOC(=O)C1=NN(N=O)[C@H]2C(=O)N(c3ccc(Br)cc3)C(=O)[C@H]12. The van der Waals surface area contributed by atoms with Gasteiger partial charge < -0.3 is 4.74 Å². The van der Waals surface area contributed by atoms with E-state index in [-0.39, 0.29) is 12.3 Å². The van der Waals surface area contributed by atoms with Crippen LogP contribution < -0.4 is 4.90 Å². The Hall–Kier alpha value is -2.62. The fourth-order valence-corrected chi connectivity index (χ4v) is 2.94. The van der Waals surface area contributed by atoms with E-state index in [1.165, 1.54) is 0 Å². The number of rotatable bonds is 4. The molecule has 1 saturated heterocycles. The number of hydrogen-bond donors (Lipinski definition) is 0. The third kappa shape index (κ3) is 2.39. The lowest BCUT2D eigenvalue weighted by atomic mass is 9.98. The summed E-state index contributed by atoms with van der Waals surface area (Å²) in [5.74, 6) is -3.38. The molecule has 0 N–H and O–H groups in total. The molecule has 0 spiro atoms. The molecule has 9 nitrogen and oxygen atoms in total. The second kappa shape index (κ2) is 6.11. The molecule has 0 unspecified atom stereocenters. The highest BCUT2D eigenvalue weighted by atomic mass is 79.9. The molecule has 1 aromatic carbocycles. The van der Waals surface area contributed by atoms with Crippen LogP contribution in [0.4, 0.5) is 5.69 Å². The van der Waals surface area contributed by atoms with Crippen LogP contribution in [0.1, 0.15) is 6.92 Å². The minimum absolute atomic E-state index is 0.0717. The summed E-state index contributed by atoms with van der Waals surface area (Å²) < 4.78 is 5.61. The van der Waals surface area contributed by atoms with Crippen molar-refractivity contribution in [3.8, 4) is 0 Å². The van der Waals surface area contributed by atoms with Crippen molar-refractivity contribution in [2.24, 2.45) is 16.3 Å². The third-order valence-electron chi connectivity index (χ3n) is 3.68. The molecule has 0 radical (unpaired) electrons. The molecule has 3 rings (SSSR count). The molecule has 2 aliphatic heterocycles. The lowest BCUT2D eigenvalue weighted by Crippen LogP contribution is -2.36. The molecule has 10 heteroatoms. The standard InChI is InChI=1S/C14H11BrN4O5/c1-2-24-14(22)10-9-11(19(16-10)17-23)13(21)18(12(9)20)8-5-3-7(15)4-6-8/h3-6,9,11H,2H2,1H3/t9-,11-/m1/s1. The number of carbonyl (C=O) groups is 3. The van der Waals surface area contributed by atoms with Crippen LogP contribution in [0.3, 0.4) is 0 Å². The van der Waals surface area contributed by atoms with Gasteiger partial charge in [-0.2, -0.15) is 0 Å². The van der Waals surface area contributed by atoms with E-state index in [2.05, 4.69) is 26.3 Å². The van der Waals surface area contributed by atoms with Gasteiger partial charge in [-0.3, -0.25) is 9.59 Å². The monoisotopic (exact) mass is 394 g/mol. The average Bonchev–Trinajstić information content (AvgIpc) is 3.07. The van der Waals surface area contributed by atoms with E-state index in [0.717, 1.165) is 9.37 Å². The van der Waals surface area contributed by atoms with Crippen molar-refractivity contribution < 1.29 is 19.1 Å². The zero-order valence-electron chi connectivity index (χ0n) is 12.4. The molecule has 0 aromatic heterocycles. The maximum Gasteiger partial charge on any atom is 0.355 e. The van der Waals surface area contributed by atoms with Crippen molar-refractivity contribution in [1.82, 2.24) is 5.12 Å². The Morgan fingerprint density at radius 1 is 1.29 bits per heavy atom. The van der Waals surface area contributed by atoms with E-state index in [0.29, 0.717) is 10.8 Å². The molecule has 0 bridgehead atoms. The zero-order chi connectivity index (χ0) is 17.4. The molecular weight excluding hydrogens is 384 g/mol. The molecule has 0 saturated carbocycles. The number of nitrogens with zero attached hydrogens (tertiary/aromatic N) is 4. The van der Waals surface area contributed by atoms with Crippen LogP contribution in [-0.4, -0.2) is 41.3 Å². The minimum atomic E-state index is -1.27. The summed E-state index contributed by atoms with van der Waals surface area (Å²) in [7, 11) is 0. The van der Waals surface area contributed by atoms with Gasteiger partial charge in [-0.1, -0.05) is 15.9 Å². The second-order valence-corrected chi connectivity index (χ2v) is 5.93. The van der Waals surface area contributed by atoms with Crippen molar-refractivity contribution in [3.05, 3.63) is 33.6 Å². The molecule has 2 amide bonds. The summed E-state index contributed by atoms with van der Waals surface area (Å²) in [5, 5.41) is 6.86. The summed E-state index contributed by atoms with van der Waals surface area (Å²) in [4.78, 5) is 49.1. The third-order valence-corrected chi connectivity index (χ3v) is 4.21. The molecule has 2 heterocycles. The first-order valence-corrected chi connectivity index (χ1v) is 7.80. The number of nitroso groups, excluding NO2 is 1. The Balaban J connectivity index is 2.00. The highest BCUT2D eigenvalue weighted by Gasteiger charge is 2.59. The number of amides is 2. The van der Waals surface area contributed by atoms with Crippen molar-refractivity contribution in [2.45, 2.75) is 13.0 Å². The quantitative estimate of drug-likeness (QED) is 0.431. The smallest absolute Gasteiger partial charge is 0.355 e. The topological polar surface area (TPSA) is 109 Å². The van der Waals surface area contributed by atoms with Crippen LogP contribution in [0, 0.1) is 10.8 Å². The van der Waals surface area contributed by atoms with Crippen LogP contribution in [0.15, 0.2) is 39.1 Å². The molecule has 0 aliphatic carbocycles. The summed E-state index contributed by atoms with van der Waals surface area (Å²) >= 11 is 3.27. The van der Waals surface area contributed by atoms with Crippen molar-refractivity contribution in [1.29, 1.82) is 0 Å². The Kier molecular flexibility index (Phi) is 4.14. The highest BCUT2D eigenvalue weighted by molar-refractivity contribution is 9.10. The number of imide groups is 1. The first-order valence-electron chi connectivity index (χ1n) is 7.01. The molecule has 1 aromatic rings. The summed E-state index contributed by atoms with van der Waals surface area (Å²) in [6, 6.07) is 5.21. The molecule has 24 heavy (non-hydrogen) atoms. The van der Waals surface area contributed by atoms with Gasteiger partial charge in [0.05, 0.1) is 17.6 Å². The average molecular weight is 395 g/mol. The van der Waals surface area contributed by atoms with Gasteiger partial charge in [0.2, 0.25) is 5.91 Å². The van der Waals surface area contributed by atoms with E-state index in [1.54, 1.807) is 31.2 Å². The highest BCUT2D eigenvalue weighted by Crippen LogP contribution is 2.35. The second-order valence-electron chi connectivity index (χ2n) is 5.02. The summed E-state index contributed by atoms with van der Waals surface area (Å²) in [5.41, 5.74) is 0.0380. The Bertz CT molecular complexity index is 763. The van der Waals surface area contributed by atoms with E-state index < -0.39 is 29.7 Å². The number of ether oxygens (including phenoxy) is 1. The fraction of sp³-hybridized carbons (Fsp3) is 0.286. The van der Waals surface area contributed by atoms with E-state index in [1.807, 2.05) is 0 Å². The van der Waals surface area contributed by atoms with Gasteiger partial charge in [-0.15, -0.1) is 15.1 Å². The van der Waals surface area contributed by atoms with Crippen LogP contribution in [0.2, 0.25) is 0 Å². The number of fused-ring (bicyclic) bond motifs is 1. The van der Waals surface area contributed by atoms with Gasteiger partial charge in [-0.25, -0.2) is 9.69 Å². The number of benzene rings is 1. The maximum atomic E-state index is 12.7. The lowest BCUT2D eigenvalue weighted by Gasteiger charge is -2.16. The number of hydrazone groups is 1. The number of esters is 1. The van der Waals surface area contributed by atoms with Crippen LogP contribution >= 0.6 is 15.9 Å². The van der Waals surface area contributed by atoms with Crippen LogP contribution in [0.5, 0.6) is 0 Å². The predicted octanol–water partition coefficient (Wildman–Crippen LogP) is 1.22. The van der Waals surface area contributed by atoms with Crippen LogP contribution in [0.25, 0.3) is 0 Å². The van der Waals surface area contributed by atoms with Crippen molar-refractivity contribution >= 4 is 45.1 Å². The first-order chi connectivity index (χ1) is 11.5. The normalized spacial score (nSPS) is 22.5. The number of halogens is 1. The molecular formula is C14H11BrN4O5. The Morgan fingerprint density at radius 3 is 2.54 bits per heavy atom. The van der Waals surface area contributed by atoms with Gasteiger partial charge >= 0.3 is 5.97 Å². The van der Waals surface area contributed by atoms with E-state index >= 15 is 0 Å². The zero-order valence-corrected chi connectivity index (χ0v) is 14.0. The van der Waals surface area contributed by atoms with Gasteiger partial charge in [0.15, 0.2) is 11.8 Å².